The van der Waals surface area contributed by atoms with Gasteiger partial charge in [-0.1, -0.05) is 11.1 Å². The number of amides is 5. The van der Waals surface area contributed by atoms with Gasteiger partial charge in [0.15, 0.2) is 0 Å². The molecule has 3 aromatic rings. The number of nitriles is 1. The molecule has 2 atom stereocenters. The van der Waals surface area contributed by atoms with Crippen molar-refractivity contribution in [1.82, 2.24) is 24.8 Å². The van der Waals surface area contributed by atoms with Gasteiger partial charge in [0.2, 0.25) is 16.9 Å². The molecule has 1 spiro atoms. The number of likely N-dealkylation sites (tertiary alicyclic amines) is 2. The molecular weight excluding hydrogens is 799 g/mol. The summed E-state index contributed by atoms with van der Waals surface area (Å²) in [5.74, 6) is -3.19. The van der Waals surface area contributed by atoms with Crippen LogP contribution in [0.4, 0.5) is 23.2 Å². The monoisotopic (exact) mass is 833 g/mol. The number of nitrogens with zero attached hydrogens (tertiary/aromatic N) is 5. The van der Waals surface area contributed by atoms with Crippen molar-refractivity contribution in [2.24, 2.45) is 0 Å². The van der Waals surface area contributed by atoms with Gasteiger partial charge in [0, 0.05) is 43.5 Å². The number of halogens is 4. The minimum Gasteiger partial charge on any atom is -0.484 e. The van der Waals surface area contributed by atoms with Crippen LogP contribution in [0.3, 0.4) is 0 Å². The number of piperidine rings is 1. The molecule has 0 bridgehead atoms. The van der Waals surface area contributed by atoms with Gasteiger partial charge in [-0.15, -0.1) is 0 Å². The zero-order chi connectivity index (χ0) is 41.9. The molecule has 4 fully saturated rings. The number of nitrogens with one attached hydrogen (secondary N) is 2. The first-order chi connectivity index (χ1) is 27.9. The highest BCUT2D eigenvalue weighted by Gasteiger charge is 2.53. The Morgan fingerprint density at radius 2 is 1.68 bits per heavy atom. The molecule has 5 amide bonds. The number of thiol groups is 1. The third-order valence-electron chi connectivity index (χ3n) is 12.1. The summed E-state index contributed by atoms with van der Waals surface area (Å²) in [4.78, 5) is 85.3. The fourth-order valence-electron chi connectivity index (χ4n) is 8.69. The largest absolute Gasteiger partial charge is 0.484 e. The minimum absolute atomic E-state index is 0.00171. The highest BCUT2D eigenvalue weighted by atomic mass is 32.2. The molecule has 0 aromatic heterocycles. The number of carbonyl (C=O) groups is 6. The van der Waals surface area contributed by atoms with Crippen molar-refractivity contribution in [3.05, 3.63) is 87.7 Å². The Balaban J connectivity index is 0.819. The van der Waals surface area contributed by atoms with E-state index < -0.39 is 86.0 Å². The number of alkyl halides is 3. The topological polar surface area (TPSA) is 172 Å². The van der Waals surface area contributed by atoms with Crippen molar-refractivity contribution in [1.29, 1.82) is 5.26 Å². The molecule has 6 aliphatic rings. The van der Waals surface area contributed by atoms with E-state index in [0.717, 1.165) is 28.7 Å². The maximum absolute atomic E-state index is 15.6. The van der Waals surface area contributed by atoms with E-state index in [1.54, 1.807) is 26.0 Å². The Labute approximate surface area is 336 Å². The van der Waals surface area contributed by atoms with Crippen LogP contribution in [0.1, 0.15) is 80.9 Å². The molecule has 306 valence electrons. The molecule has 9 rings (SSSR count). The number of aryl methyl sites for hydroxylation is 1. The predicted molar refractivity (Wildman–Crippen MR) is 201 cm³/mol. The van der Waals surface area contributed by atoms with E-state index in [-0.39, 0.29) is 46.2 Å². The van der Waals surface area contributed by atoms with Crippen LogP contribution < -0.4 is 19.9 Å². The average molecular weight is 834 g/mol. The van der Waals surface area contributed by atoms with Crippen LogP contribution in [-0.2, 0) is 27.0 Å². The van der Waals surface area contributed by atoms with E-state index in [9.17, 15) is 47.2 Å². The molecule has 4 saturated heterocycles. The standard InChI is InChI=1S/C40H35F4N7O7S/c1-38(2)37(57)59(24-5-3-21(15-45)28(13-24)40(42,43)44)47-51(38)22-4-6-25(29(41)12-22)34(54)48-16-23(17-48)49-18-39(19-49)10-9-20-11-26-27(14-31(20)58-39)36(56)50(35(26)55)30-7-8-32(52)46-33(30)53/h3-6,11-14,23,30,47,59H,7-10,16-19H2,1-2H3,(H,46,52,53). The van der Waals surface area contributed by atoms with Crippen molar-refractivity contribution in [3.63, 3.8) is 0 Å². The van der Waals surface area contributed by atoms with Crippen molar-refractivity contribution >= 4 is 51.4 Å². The molecule has 2 N–H and O–H groups in total. The fraction of sp³-hybridized carbons (Fsp3) is 0.375. The molecule has 2 unspecified atom stereocenters. The number of rotatable bonds is 5. The van der Waals surface area contributed by atoms with Gasteiger partial charge in [-0.2, -0.15) is 23.3 Å². The summed E-state index contributed by atoms with van der Waals surface area (Å²) in [7, 11) is 0. The molecule has 0 saturated carbocycles. The van der Waals surface area contributed by atoms with Gasteiger partial charge in [-0.25, -0.2) is 4.39 Å². The summed E-state index contributed by atoms with van der Waals surface area (Å²) in [5, 5.41) is 12.3. The van der Waals surface area contributed by atoms with Crippen LogP contribution in [0.5, 0.6) is 5.75 Å². The highest BCUT2D eigenvalue weighted by molar-refractivity contribution is 8.28. The number of ether oxygens (including phenoxy) is 1. The summed E-state index contributed by atoms with van der Waals surface area (Å²) < 4.78 is 63.1. The zero-order valence-corrected chi connectivity index (χ0v) is 32.4. The lowest BCUT2D eigenvalue weighted by atomic mass is 9.82. The van der Waals surface area contributed by atoms with Crippen LogP contribution in [0.25, 0.3) is 0 Å². The molecular formula is C40H35F4N7O7S. The van der Waals surface area contributed by atoms with Crippen LogP contribution in [0, 0.1) is 17.1 Å². The lowest BCUT2D eigenvalue weighted by Crippen LogP contribution is -2.74. The lowest BCUT2D eigenvalue weighted by Gasteiger charge is -2.58. The number of hydrogen-bond donors (Lipinski definition) is 3. The number of hydrazine groups is 1. The quantitative estimate of drug-likeness (QED) is 0.195. The summed E-state index contributed by atoms with van der Waals surface area (Å²) in [6.07, 6.45) is -3.49. The van der Waals surface area contributed by atoms with E-state index in [1.807, 2.05) is 0 Å². The van der Waals surface area contributed by atoms with E-state index in [0.29, 0.717) is 44.8 Å². The summed E-state index contributed by atoms with van der Waals surface area (Å²) in [6, 6.07) is 10.7. The van der Waals surface area contributed by atoms with Crippen molar-refractivity contribution in [2.45, 2.75) is 73.8 Å². The highest BCUT2D eigenvalue weighted by Crippen LogP contribution is 2.49. The number of carbonyl (C=O) groups excluding carboxylic acids is 6. The predicted octanol–water partition coefficient (Wildman–Crippen LogP) is 3.63. The van der Waals surface area contributed by atoms with Crippen LogP contribution in [-0.4, -0.2) is 98.8 Å². The minimum atomic E-state index is -4.81. The first-order valence-electron chi connectivity index (χ1n) is 18.8. The number of anilines is 1. The Kier molecular flexibility index (Phi) is 8.74. The van der Waals surface area contributed by atoms with Gasteiger partial charge in [-0.3, -0.25) is 48.9 Å². The Morgan fingerprint density at radius 1 is 0.966 bits per heavy atom. The third kappa shape index (κ3) is 6.14. The molecule has 0 radical (unpaired) electrons. The molecule has 14 nitrogen and oxygen atoms in total. The maximum atomic E-state index is 15.6. The Hall–Kier alpha value is -5.84. The molecule has 3 aromatic carbocycles. The fourth-order valence-corrected chi connectivity index (χ4v) is 10.8. The number of fused-ring (bicyclic) bond motifs is 2. The van der Waals surface area contributed by atoms with Crippen LogP contribution in [0.15, 0.2) is 53.4 Å². The van der Waals surface area contributed by atoms with Crippen molar-refractivity contribution in [2.75, 3.05) is 31.2 Å². The van der Waals surface area contributed by atoms with Gasteiger partial charge in [0.05, 0.1) is 39.6 Å². The van der Waals surface area contributed by atoms with E-state index in [1.165, 1.54) is 34.2 Å². The summed E-state index contributed by atoms with van der Waals surface area (Å²) in [5.41, 5.74) is -2.43. The number of benzene rings is 3. The molecule has 6 aliphatic heterocycles. The first-order valence-corrected chi connectivity index (χ1v) is 20.2. The summed E-state index contributed by atoms with van der Waals surface area (Å²) >= 11 is -2.04. The van der Waals surface area contributed by atoms with E-state index in [4.69, 9.17) is 4.74 Å². The average Bonchev–Trinajstić information content (AvgIpc) is 3.54. The van der Waals surface area contributed by atoms with E-state index in [2.05, 4.69) is 15.0 Å². The third-order valence-corrected chi connectivity index (χ3v) is 14.2. The lowest BCUT2D eigenvalue weighted by molar-refractivity contribution is -0.138. The molecule has 6 heterocycles. The molecule has 59 heavy (non-hydrogen) atoms. The van der Waals surface area contributed by atoms with E-state index >= 15 is 4.39 Å². The molecule has 0 aliphatic carbocycles. The zero-order valence-electron chi connectivity index (χ0n) is 31.5. The van der Waals surface area contributed by atoms with Crippen LogP contribution >= 0.6 is 11.1 Å². The Bertz CT molecular complexity index is 2480. The maximum Gasteiger partial charge on any atom is 0.417 e. The Morgan fingerprint density at radius 3 is 2.34 bits per heavy atom. The van der Waals surface area contributed by atoms with Gasteiger partial charge in [-0.05, 0) is 87.2 Å². The van der Waals surface area contributed by atoms with Gasteiger partial charge < -0.3 is 9.64 Å². The van der Waals surface area contributed by atoms with Gasteiger partial charge >= 0.3 is 6.18 Å². The molecule has 19 heteroatoms. The van der Waals surface area contributed by atoms with Crippen molar-refractivity contribution < 1.29 is 51.1 Å². The van der Waals surface area contributed by atoms with Gasteiger partial charge in [0.1, 0.15) is 28.7 Å². The number of imide groups is 2. The second kappa shape index (κ2) is 13.3. The SMILES string of the molecule is CC1(C)C(=O)[SH](c2ccc(C#N)c(C(F)(F)F)c2)NN1c1ccc(C(=O)N2CC(N3CC4(CCc5cc6c(cc5O4)C(=O)N(C4CCC(=O)NC4=O)C6=O)C3)C2)c(F)c1. The van der Waals surface area contributed by atoms with Gasteiger partial charge in [0.25, 0.3) is 17.7 Å². The normalized spacial score (nSPS) is 24.3. The van der Waals surface area contributed by atoms with Crippen LogP contribution in [0.2, 0.25) is 0 Å². The first kappa shape index (κ1) is 38.7. The second-order valence-electron chi connectivity index (χ2n) is 16.1. The second-order valence-corrected chi connectivity index (χ2v) is 17.9. The number of hydrogen-bond acceptors (Lipinski definition) is 11. The summed E-state index contributed by atoms with van der Waals surface area (Å²) in [6.45, 7) is 4.90. The van der Waals surface area contributed by atoms with Crippen molar-refractivity contribution in [3.8, 4) is 11.8 Å². The smallest absolute Gasteiger partial charge is 0.417 e.